The lowest BCUT2D eigenvalue weighted by Gasteiger charge is -2.19. The van der Waals surface area contributed by atoms with Crippen LogP contribution in [0.4, 0.5) is 10.5 Å². The summed E-state index contributed by atoms with van der Waals surface area (Å²) in [5, 5.41) is 2.48. The zero-order chi connectivity index (χ0) is 22.4. The first kappa shape index (κ1) is 22.4. The van der Waals surface area contributed by atoms with Crippen molar-refractivity contribution in [3.63, 3.8) is 0 Å². The Balaban J connectivity index is 1.69. The average molecular weight is 441 g/mol. The van der Waals surface area contributed by atoms with E-state index in [1.807, 2.05) is 32.0 Å². The summed E-state index contributed by atoms with van der Waals surface area (Å²) in [6, 6.07) is 14.1. The average Bonchev–Trinajstić information content (AvgIpc) is 3.05. The molecule has 0 saturated carbocycles. The van der Waals surface area contributed by atoms with E-state index in [4.69, 9.17) is 9.47 Å². The molecule has 1 atom stereocenters. The number of benzene rings is 2. The van der Waals surface area contributed by atoms with Gasteiger partial charge in [-0.1, -0.05) is 31.2 Å². The number of carbonyl (C=O) groups is 3. The molecule has 7 nitrogen and oxygen atoms in total. The van der Waals surface area contributed by atoms with Crippen LogP contribution in [0.2, 0.25) is 0 Å². The third kappa shape index (κ3) is 5.46. The van der Waals surface area contributed by atoms with Gasteiger partial charge in [0.05, 0.1) is 12.0 Å². The fraction of sp³-hybridized carbons (Fsp3) is 0.261. The monoisotopic (exact) mass is 440 g/mol. The van der Waals surface area contributed by atoms with Gasteiger partial charge in [-0.15, -0.1) is 0 Å². The molecule has 0 aliphatic carbocycles. The van der Waals surface area contributed by atoms with E-state index < -0.39 is 0 Å². The molecule has 3 rings (SSSR count). The number of anilines is 1. The lowest BCUT2D eigenvalue weighted by Crippen LogP contribution is -2.36. The summed E-state index contributed by atoms with van der Waals surface area (Å²) < 4.78 is 11.0. The minimum atomic E-state index is -0.295. The molecule has 3 amide bonds. The molecule has 2 aromatic carbocycles. The summed E-state index contributed by atoms with van der Waals surface area (Å²) in [5.74, 6) is 0.232. The standard InChI is InChI=1S/C23H24N2O5S/c1-4-15(2)25-22(27)20(31-23(25)28)13-16-10-11-18(19(12-16)29-3)30-14-21(26)24-17-8-6-5-7-9-17/h5-13,15H,4,14H2,1-3H3,(H,24,26)/b20-13+/t15-/m0/s1. The summed E-state index contributed by atoms with van der Waals surface area (Å²) in [4.78, 5) is 38.5. The maximum absolute atomic E-state index is 12.6. The number of nitrogens with one attached hydrogen (secondary N) is 1. The van der Waals surface area contributed by atoms with Crippen molar-refractivity contribution in [2.24, 2.45) is 0 Å². The van der Waals surface area contributed by atoms with Crippen molar-refractivity contribution in [2.45, 2.75) is 26.3 Å². The van der Waals surface area contributed by atoms with Crippen molar-refractivity contribution in [2.75, 3.05) is 19.0 Å². The minimum Gasteiger partial charge on any atom is -0.493 e. The van der Waals surface area contributed by atoms with Crippen LogP contribution in [0.1, 0.15) is 25.8 Å². The minimum absolute atomic E-state index is 0.147. The fourth-order valence-corrected chi connectivity index (χ4v) is 3.88. The molecule has 8 heteroatoms. The van der Waals surface area contributed by atoms with Gasteiger partial charge >= 0.3 is 0 Å². The Morgan fingerprint density at radius 1 is 1.16 bits per heavy atom. The number of thioether (sulfide) groups is 1. The summed E-state index contributed by atoms with van der Waals surface area (Å²) in [6.45, 7) is 3.60. The van der Waals surface area contributed by atoms with Crippen molar-refractivity contribution in [1.82, 2.24) is 4.90 Å². The Hall–Kier alpha value is -3.26. The first-order valence-corrected chi connectivity index (χ1v) is 10.7. The Kier molecular flexibility index (Phi) is 7.36. The first-order valence-electron chi connectivity index (χ1n) is 9.85. The Bertz CT molecular complexity index is 1010. The van der Waals surface area contributed by atoms with E-state index in [-0.39, 0.29) is 29.7 Å². The van der Waals surface area contributed by atoms with Crippen LogP contribution in [0.5, 0.6) is 11.5 Å². The highest BCUT2D eigenvalue weighted by atomic mass is 32.2. The fourth-order valence-electron chi connectivity index (χ4n) is 2.95. The van der Waals surface area contributed by atoms with E-state index in [0.29, 0.717) is 34.1 Å². The largest absolute Gasteiger partial charge is 0.493 e. The summed E-state index contributed by atoms with van der Waals surface area (Å²) >= 11 is 0.927. The first-order chi connectivity index (χ1) is 14.9. The van der Waals surface area contributed by atoms with Gasteiger partial charge in [0, 0.05) is 11.7 Å². The highest BCUT2D eigenvalue weighted by Gasteiger charge is 2.37. The molecule has 162 valence electrons. The number of rotatable bonds is 8. The van der Waals surface area contributed by atoms with E-state index in [9.17, 15) is 14.4 Å². The van der Waals surface area contributed by atoms with Crippen molar-refractivity contribution >= 4 is 40.6 Å². The summed E-state index contributed by atoms with van der Waals surface area (Å²) in [6.07, 6.45) is 2.35. The molecule has 0 radical (unpaired) electrons. The van der Waals surface area contributed by atoms with Crippen LogP contribution < -0.4 is 14.8 Å². The molecule has 0 spiro atoms. The summed E-state index contributed by atoms with van der Waals surface area (Å²) in [7, 11) is 1.49. The Morgan fingerprint density at radius 3 is 2.58 bits per heavy atom. The molecule has 0 bridgehead atoms. The van der Waals surface area contributed by atoms with E-state index >= 15 is 0 Å². The number of methoxy groups -OCH3 is 1. The molecule has 1 heterocycles. The number of carbonyl (C=O) groups excluding carboxylic acids is 3. The lowest BCUT2D eigenvalue weighted by atomic mass is 10.1. The number of ether oxygens (including phenoxy) is 2. The number of nitrogens with zero attached hydrogens (tertiary/aromatic N) is 1. The molecular formula is C23H24N2O5S. The molecule has 1 saturated heterocycles. The van der Waals surface area contributed by atoms with Crippen molar-refractivity contribution in [1.29, 1.82) is 0 Å². The van der Waals surface area contributed by atoms with E-state index in [0.717, 1.165) is 11.8 Å². The molecule has 1 fully saturated rings. The van der Waals surface area contributed by atoms with Gasteiger partial charge in [-0.3, -0.25) is 19.3 Å². The third-order valence-electron chi connectivity index (χ3n) is 4.76. The molecule has 31 heavy (non-hydrogen) atoms. The number of amides is 3. The zero-order valence-corrected chi connectivity index (χ0v) is 18.4. The van der Waals surface area contributed by atoms with Gasteiger partial charge < -0.3 is 14.8 Å². The second-order valence-corrected chi connectivity index (χ2v) is 7.92. The molecule has 1 aliphatic heterocycles. The smallest absolute Gasteiger partial charge is 0.293 e. The Labute approximate surface area is 185 Å². The SMILES string of the molecule is CC[C@H](C)N1C(=O)S/C(=C/c2ccc(OCC(=O)Nc3ccccc3)c(OC)c2)C1=O. The van der Waals surface area contributed by atoms with Gasteiger partial charge in [0.1, 0.15) is 0 Å². The maximum atomic E-state index is 12.6. The Morgan fingerprint density at radius 2 is 1.90 bits per heavy atom. The van der Waals surface area contributed by atoms with Gasteiger partial charge in [0.15, 0.2) is 18.1 Å². The quantitative estimate of drug-likeness (QED) is 0.607. The summed E-state index contributed by atoms with van der Waals surface area (Å²) in [5.41, 5.74) is 1.37. The van der Waals surface area contributed by atoms with Crippen LogP contribution in [0.15, 0.2) is 53.4 Å². The van der Waals surface area contributed by atoms with Crippen LogP contribution in [0.25, 0.3) is 6.08 Å². The van der Waals surface area contributed by atoms with Gasteiger partial charge in [-0.25, -0.2) is 0 Å². The van der Waals surface area contributed by atoms with Crippen LogP contribution in [-0.2, 0) is 9.59 Å². The molecule has 1 N–H and O–H groups in total. The predicted molar refractivity (Wildman–Crippen MR) is 121 cm³/mol. The number of imide groups is 1. The highest BCUT2D eigenvalue weighted by Crippen LogP contribution is 2.35. The van der Waals surface area contributed by atoms with Crippen LogP contribution in [0.3, 0.4) is 0 Å². The number of para-hydroxylation sites is 1. The molecule has 1 aliphatic rings. The van der Waals surface area contributed by atoms with Crippen LogP contribution in [0, 0.1) is 0 Å². The highest BCUT2D eigenvalue weighted by molar-refractivity contribution is 8.18. The second-order valence-electron chi connectivity index (χ2n) is 6.92. The van der Waals surface area contributed by atoms with Crippen molar-refractivity contribution in [3.05, 3.63) is 59.0 Å². The molecular weight excluding hydrogens is 416 g/mol. The van der Waals surface area contributed by atoms with E-state index in [1.54, 1.807) is 36.4 Å². The molecule has 2 aromatic rings. The lowest BCUT2D eigenvalue weighted by molar-refractivity contribution is -0.124. The van der Waals surface area contributed by atoms with E-state index in [2.05, 4.69) is 5.32 Å². The van der Waals surface area contributed by atoms with E-state index in [1.165, 1.54) is 12.0 Å². The topological polar surface area (TPSA) is 84.9 Å². The zero-order valence-electron chi connectivity index (χ0n) is 17.6. The molecule has 0 unspecified atom stereocenters. The second kappa shape index (κ2) is 10.2. The van der Waals surface area contributed by atoms with Gasteiger partial charge in [-0.2, -0.15) is 0 Å². The third-order valence-corrected chi connectivity index (χ3v) is 5.64. The predicted octanol–water partition coefficient (Wildman–Crippen LogP) is 4.55. The molecule has 0 aromatic heterocycles. The van der Waals surface area contributed by atoms with Crippen molar-refractivity contribution < 1.29 is 23.9 Å². The van der Waals surface area contributed by atoms with Crippen molar-refractivity contribution in [3.8, 4) is 11.5 Å². The van der Waals surface area contributed by atoms with Gasteiger partial charge in [-0.05, 0) is 61.0 Å². The van der Waals surface area contributed by atoms with Crippen LogP contribution in [-0.4, -0.2) is 41.7 Å². The van der Waals surface area contributed by atoms with Gasteiger partial charge in [0.2, 0.25) is 0 Å². The van der Waals surface area contributed by atoms with Gasteiger partial charge in [0.25, 0.3) is 17.1 Å². The number of hydrogen-bond donors (Lipinski definition) is 1. The normalized spacial score (nSPS) is 15.8. The maximum Gasteiger partial charge on any atom is 0.293 e. The van der Waals surface area contributed by atoms with Crippen LogP contribution >= 0.6 is 11.8 Å². The number of hydrogen-bond acceptors (Lipinski definition) is 6.